The number of nitrogens with two attached hydrogens (primary N) is 1. The predicted molar refractivity (Wildman–Crippen MR) is 64.3 cm³/mol. The molecule has 4 nitrogen and oxygen atoms in total. The van der Waals surface area contributed by atoms with Gasteiger partial charge >= 0.3 is 5.97 Å². The molecule has 0 aliphatic heterocycles. The van der Waals surface area contributed by atoms with E-state index in [1.54, 1.807) is 13.2 Å². The van der Waals surface area contributed by atoms with Crippen molar-refractivity contribution in [2.24, 2.45) is 5.73 Å². The van der Waals surface area contributed by atoms with Gasteiger partial charge < -0.3 is 15.2 Å². The highest BCUT2D eigenvalue weighted by Gasteiger charge is 2.13. The highest BCUT2D eigenvalue weighted by molar-refractivity contribution is 9.10. The van der Waals surface area contributed by atoms with Gasteiger partial charge in [-0.25, -0.2) is 0 Å². The lowest BCUT2D eigenvalue weighted by molar-refractivity contribution is -0.141. The molecule has 0 aliphatic carbocycles. The van der Waals surface area contributed by atoms with Crippen LogP contribution in [0.1, 0.15) is 18.0 Å². The van der Waals surface area contributed by atoms with Crippen LogP contribution in [0, 0.1) is 0 Å². The van der Waals surface area contributed by atoms with E-state index in [4.69, 9.17) is 10.5 Å². The van der Waals surface area contributed by atoms with Gasteiger partial charge in [0.15, 0.2) is 0 Å². The average Bonchev–Trinajstić information content (AvgIpc) is 2.28. The van der Waals surface area contributed by atoms with Gasteiger partial charge in [0.1, 0.15) is 5.75 Å². The largest absolute Gasteiger partial charge is 0.496 e. The van der Waals surface area contributed by atoms with Crippen molar-refractivity contribution in [1.29, 1.82) is 0 Å². The summed E-state index contributed by atoms with van der Waals surface area (Å²) in [4.78, 5) is 11.1. The molecule has 1 atom stereocenters. The number of hydrogen-bond donors (Lipinski definition) is 1. The lowest BCUT2D eigenvalue weighted by Crippen LogP contribution is -2.16. The summed E-state index contributed by atoms with van der Waals surface area (Å²) in [7, 11) is 2.94. The molecular weight excluding hydrogens is 274 g/mol. The summed E-state index contributed by atoms with van der Waals surface area (Å²) in [6, 6.07) is 5.11. The molecule has 0 heterocycles. The van der Waals surface area contributed by atoms with Crippen LogP contribution in [0.15, 0.2) is 22.7 Å². The van der Waals surface area contributed by atoms with Gasteiger partial charge in [0.2, 0.25) is 0 Å². The van der Waals surface area contributed by atoms with Crippen LogP contribution in [0.4, 0.5) is 0 Å². The van der Waals surface area contributed by atoms with Crippen molar-refractivity contribution in [3.8, 4) is 5.75 Å². The Morgan fingerprint density at radius 1 is 1.50 bits per heavy atom. The Balaban J connectivity index is 2.80. The van der Waals surface area contributed by atoms with Crippen LogP contribution in [-0.2, 0) is 9.53 Å². The van der Waals surface area contributed by atoms with Gasteiger partial charge in [0, 0.05) is 6.04 Å². The molecule has 0 radical (unpaired) electrons. The van der Waals surface area contributed by atoms with E-state index in [1.807, 2.05) is 12.1 Å². The number of benzene rings is 1. The first-order valence-corrected chi connectivity index (χ1v) is 5.53. The Morgan fingerprint density at radius 2 is 2.19 bits per heavy atom. The second-order valence-corrected chi connectivity index (χ2v) is 4.14. The molecule has 0 saturated carbocycles. The smallest absolute Gasteiger partial charge is 0.307 e. The topological polar surface area (TPSA) is 61.5 Å². The number of halogens is 1. The van der Waals surface area contributed by atoms with E-state index >= 15 is 0 Å². The summed E-state index contributed by atoms with van der Waals surface area (Å²) < 4.78 is 10.5. The molecule has 16 heavy (non-hydrogen) atoms. The van der Waals surface area contributed by atoms with E-state index in [0.29, 0.717) is 0 Å². The summed E-state index contributed by atoms with van der Waals surface area (Å²) in [6.45, 7) is 0. The predicted octanol–water partition coefficient (Wildman–Crippen LogP) is 2.02. The highest BCUT2D eigenvalue weighted by Crippen LogP contribution is 2.28. The fourth-order valence-electron chi connectivity index (χ4n) is 1.29. The van der Waals surface area contributed by atoms with Crippen molar-refractivity contribution in [1.82, 2.24) is 0 Å². The molecule has 0 unspecified atom stereocenters. The Labute approximate surface area is 103 Å². The molecule has 0 amide bonds. The number of esters is 1. The molecule has 0 aliphatic rings. The van der Waals surface area contributed by atoms with Gasteiger partial charge in [-0.15, -0.1) is 0 Å². The zero-order chi connectivity index (χ0) is 12.1. The van der Waals surface area contributed by atoms with Crippen LogP contribution in [0.2, 0.25) is 0 Å². The summed E-state index contributed by atoms with van der Waals surface area (Å²) >= 11 is 3.36. The third-order valence-electron chi connectivity index (χ3n) is 2.22. The minimum absolute atomic E-state index is 0.162. The maximum Gasteiger partial charge on any atom is 0.307 e. The fraction of sp³-hybridized carbons (Fsp3) is 0.364. The van der Waals surface area contributed by atoms with Crippen molar-refractivity contribution < 1.29 is 14.3 Å². The quantitative estimate of drug-likeness (QED) is 0.861. The number of carbonyl (C=O) groups is 1. The zero-order valence-electron chi connectivity index (χ0n) is 9.20. The Kier molecular flexibility index (Phi) is 4.76. The molecule has 1 aromatic carbocycles. The number of carbonyl (C=O) groups excluding carboxylic acids is 1. The molecule has 1 aromatic rings. The molecule has 0 saturated heterocycles. The molecule has 1 rings (SSSR count). The minimum Gasteiger partial charge on any atom is -0.496 e. The Bertz CT molecular complexity index is 381. The normalized spacial score (nSPS) is 12.0. The Hall–Kier alpha value is -1.07. The van der Waals surface area contributed by atoms with E-state index in [1.165, 1.54) is 7.11 Å². The van der Waals surface area contributed by atoms with E-state index in [2.05, 4.69) is 20.7 Å². The zero-order valence-corrected chi connectivity index (χ0v) is 10.8. The van der Waals surface area contributed by atoms with E-state index in [0.717, 1.165) is 15.8 Å². The monoisotopic (exact) mass is 287 g/mol. The molecule has 0 spiro atoms. The van der Waals surface area contributed by atoms with Gasteiger partial charge in [-0.3, -0.25) is 4.79 Å². The first-order valence-electron chi connectivity index (χ1n) is 4.74. The van der Waals surface area contributed by atoms with Gasteiger partial charge in [0.05, 0.1) is 25.1 Å². The third kappa shape index (κ3) is 3.21. The number of methoxy groups -OCH3 is 2. The second-order valence-electron chi connectivity index (χ2n) is 3.28. The van der Waals surface area contributed by atoms with Crippen LogP contribution >= 0.6 is 15.9 Å². The Morgan fingerprint density at radius 3 is 2.69 bits per heavy atom. The lowest BCUT2D eigenvalue weighted by Gasteiger charge is -2.12. The van der Waals surface area contributed by atoms with E-state index in [-0.39, 0.29) is 18.4 Å². The molecule has 0 bridgehead atoms. The number of ether oxygens (including phenoxy) is 2. The van der Waals surface area contributed by atoms with Gasteiger partial charge in [0.25, 0.3) is 0 Å². The first kappa shape index (κ1) is 13.0. The summed E-state index contributed by atoms with van der Waals surface area (Å²) in [6.07, 6.45) is 0.162. The maximum atomic E-state index is 11.1. The van der Waals surface area contributed by atoms with Crippen molar-refractivity contribution in [2.45, 2.75) is 12.5 Å². The minimum atomic E-state index is -0.366. The molecule has 2 N–H and O–H groups in total. The van der Waals surface area contributed by atoms with Crippen molar-refractivity contribution in [3.63, 3.8) is 0 Å². The summed E-state index contributed by atoms with van der Waals surface area (Å²) in [5, 5.41) is 0. The van der Waals surface area contributed by atoms with Gasteiger partial charge in [-0.05, 0) is 33.6 Å². The van der Waals surface area contributed by atoms with E-state index in [9.17, 15) is 4.79 Å². The van der Waals surface area contributed by atoms with Crippen LogP contribution < -0.4 is 10.5 Å². The molecule has 88 valence electrons. The third-order valence-corrected chi connectivity index (χ3v) is 2.84. The first-order chi connectivity index (χ1) is 7.58. The average molecular weight is 288 g/mol. The number of rotatable bonds is 4. The highest BCUT2D eigenvalue weighted by atomic mass is 79.9. The fourth-order valence-corrected chi connectivity index (χ4v) is 1.85. The molecule has 0 fully saturated rings. The van der Waals surface area contributed by atoms with Gasteiger partial charge in [-0.2, -0.15) is 0 Å². The SMILES string of the molecule is COC(=O)C[C@H](N)c1ccc(OC)c(Br)c1. The van der Waals surface area contributed by atoms with Crippen LogP contribution in [0.3, 0.4) is 0 Å². The molecular formula is C11H14BrNO3. The van der Waals surface area contributed by atoms with Crippen LogP contribution in [0.5, 0.6) is 5.75 Å². The summed E-state index contributed by atoms with van der Waals surface area (Å²) in [5.41, 5.74) is 6.73. The standard InChI is InChI=1S/C11H14BrNO3/c1-15-10-4-3-7(5-8(10)12)9(13)6-11(14)16-2/h3-5,9H,6,13H2,1-2H3/t9-/m0/s1. The van der Waals surface area contributed by atoms with Crippen molar-refractivity contribution in [2.75, 3.05) is 14.2 Å². The number of hydrogen-bond acceptors (Lipinski definition) is 4. The van der Waals surface area contributed by atoms with Crippen molar-refractivity contribution in [3.05, 3.63) is 28.2 Å². The molecule has 0 aromatic heterocycles. The molecule has 5 heteroatoms. The van der Waals surface area contributed by atoms with Crippen LogP contribution in [-0.4, -0.2) is 20.2 Å². The summed E-state index contributed by atoms with van der Waals surface area (Å²) in [5.74, 6) is 0.411. The second kappa shape index (κ2) is 5.86. The van der Waals surface area contributed by atoms with Crippen LogP contribution in [0.25, 0.3) is 0 Å². The van der Waals surface area contributed by atoms with E-state index < -0.39 is 0 Å². The van der Waals surface area contributed by atoms with Gasteiger partial charge in [-0.1, -0.05) is 6.07 Å². The lowest BCUT2D eigenvalue weighted by atomic mass is 10.0. The van der Waals surface area contributed by atoms with Crippen molar-refractivity contribution >= 4 is 21.9 Å². The maximum absolute atomic E-state index is 11.1.